The molecule has 3 aliphatic rings. The fraction of sp³-hybridized carbons (Fsp3) is 0.500. The van der Waals surface area contributed by atoms with Crippen LogP contribution in [0.1, 0.15) is 49.0 Å². The molecule has 0 aromatic heterocycles. The van der Waals surface area contributed by atoms with Crippen molar-refractivity contribution in [2.45, 2.75) is 37.8 Å². The molecule has 3 fully saturated rings. The zero-order chi connectivity index (χ0) is 19.4. The van der Waals surface area contributed by atoms with E-state index in [9.17, 15) is 0 Å². The van der Waals surface area contributed by atoms with Gasteiger partial charge in [0.25, 0.3) is 0 Å². The minimum absolute atomic E-state index is 0.175. The van der Waals surface area contributed by atoms with Gasteiger partial charge in [-0.2, -0.15) is 0 Å². The van der Waals surface area contributed by atoms with Crippen LogP contribution in [-0.2, 0) is 4.74 Å². The van der Waals surface area contributed by atoms with E-state index in [-0.39, 0.29) is 6.04 Å². The molecule has 4 heteroatoms. The zero-order valence-electron chi connectivity index (χ0n) is 16.9. The van der Waals surface area contributed by atoms with Crippen molar-refractivity contribution in [3.8, 4) is 0 Å². The molecule has 3 heterocycles. The second kappa shape index (κ2) is 12.0. The Bertz CT molecular complexity index is 628. The second-order valence-electron chi connectivity index (χ2n) is 7.71. The summed E-state index contributed by atoms with van der Waals surface area (Å²) in [7, 11) is 0. The Labute approximate surface area is 170 Å². The van der Waals surface area contributed by atoms with Gasteiger partial charge >= 0.3 is 0 Å². The quantitative estimate of drug-likeness (QED) is 0.789. The third kappa shape index (κ3) is 7.72. The summed E-state index contributed by atoms with van der Waals surface area (Å²) >= 11 is 0. The summed E-state index contributed by atoms with van der Waals surface area (Å²) in [6.45, 7) is 6.86. The smallest absolute Gasteiger partial charge is 0.106 e. The van der Waals surface area contributed by atoms with Crippen LogP contribution in [0.15, 0.2) is 60.7 Å². The average molecular weight is 382 g/mol. The van der Waals surface area contributed by atoms with Crippen LogP contribution in [0.25, 0.3) is 0 Å². The van der Waals surface area contributed by atoms with Crippen LogP contribution in [0.3, 0.4) is 0 Å². The van der Waals surface area contributed by atoms with Crippen LogP contribution in [0, 0.1) is 0 Å². The Kier molecular flexibility index (Phi) is 8.98. The maximum Gasteiger partial charge on any atom is 0.106 e. The highest BCUT2D eigenvalue weighted by Gasteiger charge is 2.23. The molecule has 0 bridgehead atoms. The number of epoxide rings is 1. The van der Waals surface area contributed by atoms with Crippen molar-refractivity contribution < 1.29 is 4.74 Å². The molecule has 5 rings (SSSR count). The van der Waals surface area contributed by atoms with Crippen molar-refractivity contribution in [3.63, 3.8) is 0 Å². The highest BCUT2D eigenvalue weighted by atomic mass is 16.6. The molecule has 0 saturated carbocycles. The van der Waals surface area contributed by atoms with E-state index in [2.05, 4.69) is 46.6 Å². The molecule has 3 aliphatic heterocycles. The molecule has 2 aromatic carbocycles. The van der Waals surface area contributed by atoms with Crippen molar-refractivity contribution >= 4 is 0 Å². The number of benzene rings is 2. The molecular weight excluding hydrogens is 346 g/mol. The van der Waals surface area contributed by atoms with E-state index in [1.807, 2.05) is 24.3 Å². The second-order valence-corrected chi connectivity index (χ2v) is 7.71. The predicted octanol–water partition coefficient (Wildman–Crippen LogP) is 3.91. The molecule has 0 aliphatic carbocycles. The first kappa shape index (κ1) is 21.0. The summed E-state index contributed by atoms with van der Waals surface area (Å²) < 4.78 is 5.09. The third-order valence-electron chi connectivity index (χ3n) is 5.34. The number of hydrogen-bond acceptors (Lipinski definition) is 4. The first-order chi connectivity index (χ1) is 13.8. The Morgan fingerprint density at radius 1 is 0.893 bits per heavy atom. The molecule has 0 radical (unpaired) electrons. The minimum Gasteiger partial charge on any atom is -0.368 e. The number of likely N-dealkylation sites (tertiary alicyclic amines) is 1. The summed E-state index contributed by atoms with van der Waals surface area (Å²) in [6.07, 6.45) is 5.86. The van der Waals surface area contributed by atoms with Gasteiger partial charge in [-0.25, -0.2) is 0 Å². The van der Waals surface area contributed by atoms with Crippen molar-refractivity contribution in [1.82, 2.24) is 10.2 Å². The summed E-state index contributed by atoms with van der Waals surface area (Å²) in [5.74, 6) is 0. The lowest BCUT2D eigenvalue weighted by Gasteiger charge is -2.20. The van der Waals surface area contributed by atoms with Crippen LogP contribution in [0.4, 0.5) is 0 Å². The Morgan fingerprint density at radius 3 is 1.96 bits per heavy atom. The fourth-order valence-electron chi connectivity index (χ4n) is 3.58. The van der Waals surface area contributed by atoms with Gasteiger partial charge in [0.15, 0.2) is 0 Å². The monoisotopic (exact) mass is 381 g/mol. The van der Waals surface area contributed by atoms with E-state index in [0.29, 0.717) is 6.10 Å². The molecule has 3 N–H and O–H groups in total. The summed E-state index contributed by atoms with van der Waals surface area (Å²) in [4.78, 5) is 2.46. The first-order valence-corrected chi connectivity index (χ1v) is 10.7. The number of ether oxygens (including phenoxy) is 1. The number of rotatable bonds is 4. The zero-order valence-corrected chi connectivity index (χ0v) is 16.9. The number of nitrogens with zero attached hydrogens (tertiary/aromatic N) is 1. The molecule has 28 heavy (non-hydrogen) atoms. The maximum absolute atomic E-state index is 6.13. The van der Waals surface area contributed by atoms with Crippen LogP contribution >= 0.6 is 0 Å². The van der Waals surface area contributed by atoms with Crippen LogP contribution in [-0.4, -0.2) is 44.2 Å². The largest absolute Gasteiger partial charge is 0.368 e. The molecule has 152 valence electrons. The summed E-state index contributed by atoms with van der Waals surface area (Å²) in [5, 5.41) is 3.22. The Balaban J connectivity index is 0.000000136. The lowest BCUT2D eigenvalue weighted by molar-refractivity contribution is 0.316. The molecule has 2 atom stereocenters. The van der Waals surface area contributed by atoms with Gasteiger partial charge < -0.3 is 20.7 Å². The van der Waals surface area contributed by atoms with Crippen LogP contribution in [0.2, 0.25) is 0 Å². The van der Waals surface area contributed by atoms with Crippen molar-refractivity contribution in [3.05, 3.63) is 71.8 Å². The Morgan fingerprint density at radius 2 is 1.46 bits per heavy atom. The summed E-state index contributed by atoms with van der Waals surface area (Å²) in [6, 6.07) is 20.8. The van der Waals surface area contributed by atoms with Gasteiger partial charge in [-0.1, -0.05) is 60.7 Å². The molecule has 0 amide bonds. The fourth-order valence-corrected chi connectivity index (χ4v) is 3.58. The van der Waals surface area contributed by atoms with Gasteiger partial charge in [0.05, 0.1) is 6.61 Å². The lowest BCUT2D eigenvalue weighted by atomic mass is 10.1. The van der Waals surface area contributed by atoms with Crippen molar-refractivity contribution in [1.29, 1.82) is 0 Å². The standard InChI is InChI=1S/C12H18N2.C8H8O.C4H9N/c13-12(10-14-8-4-5-9-14)11-6-2-1-3-7-11;1-2-4-7(5-3-1)8-6-9-8;1-2-4-5-3-1/h1-3,6-7,12H,4-5,8-10,13H2;1-5,8H,6H2;5H,1-4H2/t12-;8-;/m00./s1. The van der Waals surface area contributed by atoms with Crippen LogP contribution in [0.5, 0.6) is 0 Å². The van der Waals surface area contributed by atoms with Crippen molar-refractivity contribution in [2.24, 2.45) is 5.73 Å². The van der Waals surface area contributed by atoms with E-state index < -0.39 is 0 Å². The molecular formula is C24H35N3O. The molecule has 4 nitrogen and oxygen atoms in total. The van der Waals surface area contributed by atoms with Gasteiger partial charge in [-0.3, -0.25) is 0 Å². The van der Waals surface area contributed by atoms with E-state index in [1.54, 1.807) is 0 Å². The van der Waals surface area contributed by atoms with E-state index in [4.69, 9.17) is 10.5 Å². The van der Waals surface area contributed by atoms with Gasteiger partial charge in [0.1, 0.15) is 6.10 Å². The average Bonchev–Trinajstić information content (AvgIpc) is 3.19. The highest BCUT2D eigenvalue weighted by molar-refractivity contribution is 5.20. The number of nitrogens with one attached hydrogen (secondary N) is 1. The predicted molar refractivity (Wildman–Crippen MR) is 116 cm³/mol. The van der Waals surface area contributed by atoms with Gasteiger partial charge in [-0.15, -0.1) is 0 Å². The number of hydrogen-bond donors (Lipinski definition) is 2. The van der Waals surface area contributed by atoms with Crippen LogP contribution < -0.4 is 11.1 Å². The van der Waals surface area contributed by atoms with E-state index in [0.717, 1.165) is 13.2 Å². The van der Waals surface area contributed by atoms with E-state index in [1.165, 1.54) is 63.0 Å². The summed E-state index contributed by atoms with van der Waals surface area (Å²) in [5.41, 5.74) is 8.69. The van der Waals surface area contributed by atoms with Crippen molar-refractivity contribution in [2.75, 3.05) is 39.3 Å². The molecule has 2 aromatic rings. The van der Waals surface area contributed by atoms with E-state index >= 15 is 0 Å². The van der Waals surface area contributed by atoms with Gasteiger partial charge in [-0.05, 0) is 63.0 Å². The third-order valence-corrected chi connectivity index (χ3v) is 5.34. The highest BCUT2D eigenvalue weighted by Crippen LogP contribution is 2.28. The molecule has 3 saturated heterocycles. The lowest BCUT2D eigenvalue weighted by Crippen LogP contribution is -2.29. The minimum atomic E-state index is 0.175. The SMILES string of the molecule is C1CCNC1.N[C@@H](CN1CCCC1)c1ccccc1.c1ccc([C@@H]2CO2)cc1. The molecule has 0 spiro atoms. The first-order valence-electron chi connectivity index (χ1n) is 10.7. The Hall–Kier alpha value is -1.72. The maximum atomic E-state index is 6.13. The molecule has 0 unspecified atom stereocenters. The normalized spacial score (nSPS) is 21.8. The van der Waals surface area contributed by atoms with Gasteiger partial charge in [0, 0.05) is 12.6 Å². The van der Waals surface area contributed by atoms with Gasteiger partial charge in [0.2, 0.25) is 0 Å². The topological polar surface area (TPSA) is 53.8 Å². The number of nitrogens with two attached hydrogens (primary N) is 1.